The summed E-state index contributed by atoms with van der Waals surface area (Å²) in [5.41, 5.74) is 10.7. The van der Waals surface area contributed by atoms with E-state index in [1.54, 1.807) is 10.7 Å². The molecule has 33 heavy (non-hydrogen) atoms. The van der Waals surface area contributed by atoms with Crippen LogP contribution in [-0.4, -0.2) is 31.4 Å². The maximum atomic E-state index is 12.5. The lowest BCUT2D eigenvalue weighted by atomic mass is 10.1. The van der Waals surface area contributed by atoms with Crippen molar-refractivity contribution in [3.63, 3.8) is 0 Å². The summed E-state index contributed by atoms with van der Waals surface area (Å²) in [5.74, 6) is -0.705. The van der Waals surface area contributed by atoms with Gasteiger partial charge in [0.15, 0.2) is 10.8 Å². The minimum absolute atomic E-state index is 0.133. The van der Waals surface area contributed by atoms with Crippen molar-refractivity contribution >= 4 is 45.5 Å². The molecule has 3 heterocycles. The molecule has 0 aliphatic carbocycles. The molecule has 2 amide bonds. The third-order valence-electron chi connectivity index (χ3n) is 5.49. The Kier molecular flexibility index (Phi) is 6.44. The van der Waals surface area contributed by atoms with E-state index < -0.39 is 5.91 Å². The summed E-state index contributed by atoms with van der Waals surface area (Å²) in [6, 6.07) is 5.99. The van der Waals surface area contributed by atoms with Crippen molar-refractivity contribution < 1.29 is 9.59 Å². The number of amides is 2. The number of nitrogens with two attached hydrogens (primary N) is 1. The van der Waals surface area contributed by atoms with Gasteiger partial charge in [0.2, 0.25) is 5.91 Å². The number of aromatic nitrogens is 4. The summed E-state index contributed by atoms with van der Waals surface area (Å²) in [6.07, 6.45) is 4.64. The van der Waals surface area contributed by atoms with Gasteiger partial charge >= 0.3 is 0 Å². The molecule has 0 fully saturated rings. The Morgan fingerprint density at radius 1 is 1.21 bits per heavy atom. The highest BCUT2D eigenvalue weighted by molar-refractivity contribution is 7.15. The number of hydrogen-bond acceptors (Lipinski definition) is 6. The van der Waals surface area contributed by atoms with Gasteiger partial charge in [0.25, 0.3) is 5.91 Å². The van der Waals surface area contributed by atoms with E-state index in [0.29, 0.717) is 23.6 Å². The second-order valence-electron chi connectivity index (χ2n) is 7.86. The summed E-state index contributed by atoms with van der Waals surface area (Å²) < 4.78 is 1.59. The van der Waals surface area contributed by atoms with Gasteiger partial charge in [0.05, 0.1) is 6.20 Å². The molecule has 0 aliphatic rings. The topological polar surface area (TPSA) is 115 Å². The lowest BCUT2D eigenvalue weighted by Crippen LogP contribution is -2.15. The van der Waals surface area contributed by atoms with E-state index >= 15 is 0 Å². The fourth-order valence-corrected chi connectivity index (χ4v) is 4.73. The van der Waals surface area contributed by atoms with Gasteiger partial charge in [-0.05, 0) is 49.9 Å². The van der Waals surface area contributed by atoms with Crippen molar-refractivity contribution in [1.82, 2.24) is 19.6 Å². The lowest BCUT2D eigenvalue weighted by Gasteiger charge is -2.11. The number of fused-ring (bicyclic) bond motifs is 1. The van der Waals surface area contributed by atoms with E-state index in [-0.39, 0.29) is 17.9 Å². The minimum atomic E-state index is -0.572. The SMILES string of the molecule is Cc1ccc(Cc2cnc(NC(=O)CCc3c(C)nc4c(C(N)=O)cnn4c3C)s2)cc1Cl. The van der Waals surface area contributed by atoms with Gasteiger partial charge in [-0.1, -0.05) is 23.7 Å². The van der Waals surface area contributed by atoms with E-state index in [1.165, 1.54) is 17.5 Å². The first-order chi connectivity index (χ1) is 15.7. The third-order valence-corrected chi connectivity index (χ3v) is 6.81. The summed E-state index contributed by atoms with van der Waals surface area (Å²) in [6.45, 7) is 5.70. The summed E-state index contributed by atoms with van der Waals surface area (Å²) >= 11 is 7.65. The molecule has 3 N–H and O–H groups in total. The van der Waals surface area contributed by atoms with Crippen LogP contribution >= 0.6 is 22.9 Å². The number of primary amides is 1. The molecule has 0 aliphatic heterocycles. The Morgan fingerprint density at radius 3 is 2.73 bits per heavy atom. The number of anilines is 1. The van der Waals surface area contributed by atoms with Gasteiger partial charge in [-0.25, -0.2) is 14.5 Å². The van der Waals surface area contributed by atoms with Crippen LogP contribution in [-0.2, 0) is 17.6 Å². The van der Waals surface area contributed by atoms with Crippen molar-refractivity contribution in [2.24, 2.45) is 5.73 Å². The van der Waals surface area contributed by atoms with E-state index in [4.69, 9.17) is 17.3 Å². The van der Waals surface area contributed by atoms with Crippen molar-refractivity contribution in [3.05, 3.63) is 74.1 Å². The van der Waals surface area contributed by atoms with Gasteiger partial charge in [0, 0.05) is 40.3 Å². The molecule has 0 unspecified atom stereocenters. The maximum Gasteiger partial charge on any atom is 0.254 e. The van der Waals surface area contributed by atoms with E-state index in [2.05, 4.69) is 20.4 Å². The van der Waals surface area contributed by atoms with Crippen LogP contribution in [0, 0.1) is 20.8 Å². The van der Waals surface area contributed by atoms with Crippen molar-refractivity contribution in [1.29, 1.82) is 0 Å². The van der Waals surface area contributed by atoms with Crippen molar-refractivity contribution in [2.45, 2.75) is 40.0 Å². The summed E-state index contributed by atoms with van der Waals surface area (Å²) in [5, 5.41) is 8.40. The molecular formula is C23H23ClN6O2S. The van der Waals surface area contributed by atoms with E-state index in [1.807, 2.05) is 39.0 Å². The third kappa shape index (κ3) is 4.89. The number of benzene rings is 1. The molecule has 170 valence electrons. The molecule has 4 rings (SSSR count). The zero-order valence-electron chi connectivity index (χ0n) is 18.5. The molecule has 8 nitrogen and oxygen atoms in total. The number of hydrogen-bond donors (Lipinski definition) is 2. The first kappa shape index (κ1) is 22.9. The number of carbonyl (C=O) groups excluding carboxylic acids is 2. The van der Waals surface area contributed by atoms with Gasteiger partial charge < -0.3 is 11.1 Å². The van der Waals surface area contributed by atoms with Crippen LogP contribution in [0.15, 0.2) is 30.6 Å². The molecule has 0 saturated heterocycles. The van der Waals surface area contributed by atoms with E-state index in [0.717, 1.165) is 38.0 Å². The number of thiazole rings is 1. The number of rotatable bonds is 7. The van der Waals surface area contributed by atoms with Crippen molar-refractivity contribution in [3.8, 4) is 0 Å². The predicted octanol–water partition coefficient (Wildman–Crippen LogP) is 4.03. The number of nitrogens with one attached hydrogen (secondary N) is 1. The minimum Gasteiger partial charge on any atom is -0.365 e. The van der Waals surface area contributed by atoms with Crippen LogP contribution in [0.4, 0.5) is 5.13 Å². The van der Waals surface area contributed by atoms with Crippen LogP contribution in [0.3, 0.4) is 0 Å². The molecule has 4 aromatic rings. The number of aryl methyl sites for hydroxylation is 3. The van der Waals surface area contributed by atoms with Crippen molar-refractivity contribution in [2.75, 3.05) is 5.32 Å². The highest BCUT2D eigenvalue weighted by Crippen LogP contribution is 2.24. The highest BCUT2D eigenvalue weighted by atomic mass is 35.5. The Bertz CT molecular complexity index is 1380. The molecule has 1 aromatic carbocycles. The molecule has 3 aromatic heterocycles. The van der Waals surface area contributed by atoms with E-state index in [9.17, 15) is 9.59 Å². The Morgan fingerprint density at radius 2 is 2.00 bits per heavy atom. The zero-order valence-corrected chi connectivity index (χ0v) is 20.0. The monoisotopic (exact) mass is 482 g/mol. The zero-order chi connectivity index (χ0) is 23.7. The first-order valence-corrected chi connectivity index (χ1v) is 11.6. The summed E-state index contributed by atoms with van der Waals surface area (Å²) in [4.78, 5) is 34.0. The number of nitrogens with zero attached hydrogens (tertiary/aromatic N) is 4. The van der Waals surface area contributed by atoms with Gasteiger partial charge in [-0.15, -0.1) is 11.3 Å². The van der Waals surface area contributed by atoms with Crippen LogP contribution in [0.5, 0.6) is 0 Å². The largest absolute Gasteiger partial charge is 0.365 e. The summed E-state index contributed by atoms with van der Waals surface area (Å²) in [7, 11) is 0. The quantitative estimate of drug-likeness (QED) is 0.412. The van der Waals surface area contributed by atoms with Crippen LogP contribution in [0.2, 0.25) is 5.02 Å². The fourth-order valence-electron chi connectivity index (χ4n) is 3.66. The first-order valence-electron chi connectivity index (χ1n) is 10.4. The van der Waals surface area contributed by atoms with Gasteiger partial charge in [-0.3, -0.25) is 9.59 Å². The Balaban J connectivity index is 1.40. The Hall–Kier alpha value is -3.30. The Labute approximate surface area is 199 Å². The number of halogens is 1. The second-order valence-corrected chi connectivity index (χ2v) is 9.38. The van der Waals surface area contributed by atoms with Gasteiger partial charge in [-0.2, -0.15) is 5.10 Å². The average molecular weight is 483 g/mol. The molecule has 0 spiro atoms. The fraction of sp³-hybridized carbons (Fsp3) is 0.261. The molecule has 0 radical (unpaired) electrons. The predicted molar refractivity (Wildman–Crippen MR) is 129 cm³/mol. The molecule has 0 atom stereocenters. The van der Waals surface area contributed by atoms with Gasteiger partial charge in [0.1, 0.15) is 5.56 Å². The molecule has 0 bridgehead atoms. The smallest absolute Gasteiger partial charge is 0.254 e. The second kappa shape index (κ2) is 9.29. The molecule has 0 saturated carbocycles. The maximum absolute atomic E-state index is 12.5. The van der Waals surface area contributed by atoms with Crippen LogP contribution in [0.25, 0.3) is 5.65 Å². The standard InChI is InChI=1S/C23H23ClN6O2S/c1-12-4-5-15(9-19(12)24)8-16-10-26-23(33-16)29-20(31)7-6-17-13(2)28-22-18(21(25)32)11-27-30(22)14(17)3/h4-5,9-11H,6-8H2,1-3H3,(H2,25,32)(H,26,29,31). The van der Waals surface area contributed by atoms with Crippen LogP contribution < -0.4 is 11.1 Å². The average Bonchev–Trinajstić information content (AvgIpc) is 3.37. The lowest BCUT2D eigenvalue weighted by molar-refractivity contribution is -0.116. The highest BCUT2D eigenvalue weighted by Gasteiger charge is 2.17. The molecule has 10 heteroatoms. The molecular weight excluding hydrogens is 460 g/mol. The van der Waals surface area contributed by atoms with Crippen LogP contribution in [0.1, 0.15) is 49.7 Å². The normalized spacial score (nSPS) is 11.2. The number of carbonyl (C=O) groups is 2.